The van der Waals surface area contributed by atoms with E-state index in [-0.39, 0.29) is 5.92 Å². The van der Waals surface area contributed by atoms with E-state index in [1.54, 1.807) is 7.11 Å². The first-order valence-electron chi connectivity index (χ1n) is 9.63. The van der Waals surface area contributed by atoms with Crippen LogP contribution in [-0.2, 0) is 33.0 Å². The van der Waals surface area contributed by atoms with E-state index in [4.69, 9.17) is 4.74 Å². The third-order valence-corrected chi connectivity index (χ3v) is 5.92. The van der Waals surface area contributed by atoms with Gasteiger partial charge in [0, 0.05) is 49.9 Å². The number of fused-ring (bicyclic) bond motifs is 2. The van der Waals surface area contributed by atoms with E-state index in [2.05, 4.69) is 38.3 Å². The zero-order chi connectivity index (χ0) is 18.4. The van der Waals surface area contributed by atoms with E-state index in [1.165, 1.54) is 47.2 Å². The van der Waals surface area contributed by atoms with Gasteiger partial charge in [-0.25, -0.2) is 4.98 Å². The summed E-state index contributed by atoms with van der Waals surface area (Å²) < 4.78 is 7.59. The van der Waals surface area contributed by atoms with Crippen molar-refractivity contribution in [2.24, 2.45) is 7.05 Å². The van der Waals surface area contributed by atoms with Crippen molar-refractivity contribution in [2.75, 3.05) is 13.7 Å². The molecular weight excluding hydrogens is 338 g/mol. The van der Waals surface area contributed by atoms with Crippen molar-refractivity contribution in [3.63, 3.8) is 0 Å². The Morgan fingerprint density at radius 2 is 2.11 bits per heavy atom. The highest BCUT2D eigenvalue weighted by Crippen LogP contribution is 2.35. The highest BCUT2D eigenvalue weighted by molar-refractivity contribution is 5.45. The zero-order valence-corrected chi connectivity index (χ0v) is 15.9. The molecule has 1 aliphatic carbocycles. The fourth-order valence-electron chi connectivity index (χ4n) is 4.60. The van der Waals surface area contributed by atoms with Gasteiger partial charge in [-0.15, -0.1) is 0 Å². The zero-order valence-electron chi connectivity index (χ0n) is 15.9. The van der Waals surface area contributed by atoms with Crippen LogP contribution in [0.3, 0.4) is 0 Å². The lowest BCUT2D eigenvalue weighted by Crippen LogP contribution is -2.34. The maximum Gasteiger partial charge on any atom is 0.123 e. The Morgan fingerprint density at radius 1 is 1.26 bits per heavy atom. The fourth-order valence-corrected chi connectivity index (χ4v) is 4.60. The molecule has 5 rings (SSSR count). The van der Waals surface area contributed by atoms with Crippen molar-refractivity contribution in [2.45, 2.75) is 38.3 Å². The molecule has 2 aromatic heterocycles. The Labute approximate surface area is 159 Å². The number of imidazole rings is 1. The lowest BCUT2D eigenvalue weighted by molar-refractivity contribution is 0.224. The minimum Gasteiger partial charge on any atom is -0.496 e. The number of rotatable bonds is 4. The summed E-state index contributed by atoms with van der Waals surface area (Å²) in [5, 5.41) is 4.37. The smallest absolute Gasteiger partial charge is 0.123 e. The molecule has 1 unspecified atom stereocenters. The van der Waals surface area contributed by atoms with E-state index in [9.17, 15) is 0 Å². The number of aromatic nitrogens is 4. The number of nitrogens with zero attached hydrogens (tertiary/aromatic N) is 4. The predicted octanol–water partition coefficient (Wildman–Crippen LogP) is 2.79. The monoisotopic (exact) mass is 363 g/mol. The van der Waals surface area contributed by atoms with E-state index in [0.29, 0.717) is 0 Å². The van der Waals surface area contributed by atoms with Crippen molar-refractivity contribution in [1.82, 2.24) is 24.6 Å². The van der Waals surface area contributed by atoms with Crippen LogP contribution in [0.2, 0.25) is 0 Å². The van der Waals surface area contributed by atoms with Crippen LogP contribution in [0.1, 0.15) is 46.0 Å². The molecule has 0 saturated heterocycles. The second-order valence-electron chi connectivity index (χ2n) is 7.72. The summed E-state index contributed by atoms with van der Waals surface area (Å²) in [6.07, 6.45) is 9.50. The van der Waals surface area contributed by atoms with Gasteiger partial charge in [-0.05, 0) is 36.5 Å². The summed E-state index contributed by atoms with van der Waals surface area (Å²) in [5.74, 6) is 1.26. The van der Waals surface area contributed by atoms with Crippen LogP contribution in [0.5, 0.6) is 5.75 Å². The van der Waals surface area contributed by atoms with E-state index >= 15 is 0 Å². The number of methoxy groups -OCH3 is 1. The molecule has 2 aliphatic rings. The molecule has 0 fully saturated rings. The Balaban J connectivity index is 1.45. The molecular formula is C21H25N5O. The summed E-state index contributed by atoms with van der Waals surface area (Å²) in [6, 6.07) is 4.62. The number of hydrogen-bond donors (Lipinski definition) is 1. The minimum absolute atomic E-state index is 0.245. The van der Waals surface area contributed by atoms with Crippen LogP contribution < -0.4 is 4.74 Å². The minimum atomic E-state index is 0.245. The second-order valence-corrected chi connectivity index (χ2v) is 7.72. The van der Waals surface area contributed by atoms with Gasteiger partial charge in [0.2, 0.25) is 0 Å². The maximum atomic E-state index is 5.72. The third kappa shape index (κ3) is 2.94. The first-order chi connectivity index (χ1) is 13.2. The molecule has 0 bridgehead atoms. The lowest BCUT2D eigenvalue weighted by atomic mass is 9.92. The van der Waals surface area contributed by atoms with Crippen LogP contribution in [0.15, 0.2) is 30.9 Å². The molecule has 0 saturated carbocycles. The maximum absolute atomic E-state index is 5.72. The highest BCUT2D eigenvalue weighted by Gasteiger charge is 2.30. The van der Waals surface area contributed by atoms with Gasteiger partial charge in [-0.3, -0.25) is 9.58 Å². The van der Waals surface area contributed by atoms with Gasteiger partial charge in [0.1, 0.15) is 5.75 Å². The van der Waals surface area contributed by atoms with Gasteiger partial charge in [0.05, 0.1) is 31.0 Å². The first kappa shape index (κ1) is 16.6. The summed E-state index contributed by atoms with van der Waals surface area (Å²) in [6.45, 7) is 2.70. The van der Waals surface area contributed by atoms with Gasteiger partial charge in [-0.1, -0.05) is 6.07 Å². The molecule has 0 spiro atoms. The predicted molar refractivity (Wildman–Crippen MR) is 103 cm³/mol. The number of aromatic amines is 1. The quantitative estimate of drug-likeness (QED) is 0.774. The van der Waals surface area contributed by atoms with E-state index in [1.807, 2.05) is 24.3 Å². The molecule has 1 aromatic carbocycles. The molecule has 3 heterocycles. The molecule has 3 aromatic rings. The van der Waals surface area contributed by atoms with Crippen molar-refractivity contribution >= 4 is 0 Å². The SMILES string of the molecule is COc1cc2c(cc1CN1Cc3[nH]cnc3C(c3cnn(C)c3)C1)CCC2. The molecule has 6 heteroatoms. The summed E-state index contributed by atoms with van der Waals surface area (Å²) in [7, 11) is 3.74. The van der Waals surface area contributed by atoms with Gasteiger partial charge >= 0.3 is 0 Å². The molecule has 1 N–H and O–H groups in total. The van der Waals surface area contributed by atoms with Crippen molar-refractivity contribution in [3.05, 3.63) is 64.5 Å². The van der Waals surface area contributed by atoms with Crippen LogP contribution in [0.4, 0.5) is 0 Å². The van der Waals surface area contributed by atoms with Gasteiger partial charge in [-0.2, -0.15) is 5.10 Å². The topological polar surface area (TPSA) is 59.0 Å². The Morgan fingerprint density at radius 3 is 2.89 bits per heavy atom. The lowest BCUT2D eigenvalue weighted by Gasteiger charge is -2.32. The summed E-state index contributed by atoms with van der Waals surface area (Å²) in [4.78, 5) is 10.4. The Bertz CT molecular complexity index is 973. The fraction of sp³-hybridized carbons (Fsp3) is 0.429. The number of ether oxygens (including phenoxy) is 1. The number of benzene rings is 1. The van der Waals surface area contributed by atoms with Crippen LogP contribution >= 0.6 is 0 Å². The molecule has 1 atom stereocenters. The summed E-state index contributed by atoms with van der Waals surface area (Å²) >= 11 is 0. The van der Waals surface area contributed by atoms with E-state index in [0.717, 1.165) is 31.1 Å². The molecule has 0 radical (unpaired) electrons. The van der Waals surface area contributed by atoms with E-state index < -0.39 is 0 Å². The number of nitrogens with one attached hydrogen (secondary N) is 1. The Kier molecular flexibility index (Phi) is 4.01. The normalized spacial score (nSPS) is 19.1. The van der Waals surface area contributed by atoms with Crippen LogP contribution in [0.25, 0.3) is 0 Å². The molecule has 6 nitrogen and oxygen atoms in total. The number of aryl methyl sites for hydroxylation is 3. The molecule has 27 heavy (non-hydrogen) atoms. The largest absolute Gasteiger partial charge is 0.496 e. The average Bonchev–Trinajstić information content (AvgIpc) is 3.40. The Hall–Kier alpha value is -2.60. The van der Waals surface area contributed by atoms with Gasteiger partial charge in [0.25, 0.3) is 0 Å². The highest BCUT2D eigenvalue weighted by atomic mass is 16.5. The summed E-state index contributed by atoms with van der Waals surface area (Å²) in [5.41, 5.74) is 7.81. The average molecular weight is 363 g/mol. The van der Waals surface area contributed by atoms with Crippen LogP contribution in [-0.4, -0.2) is 38.3 Å². The number of hydrogen-bond acceptors (Lipinski definition) is 4. The molecule has 1 aliphatic heterocycles. The van der Waals surface area contributed by atoms with Gasteiger partial charge in [0.15, 0.2) is 0 Å². The standard InChI is InChI=1S/C21H25N5O/c1-25-9-17(8-24-25)18-11-26(12-19-21(18)23-13-22-19)10-16-6-14-4-3-5-15(14)7-20(16)27-2/h6-9,13,18H,3-5,10-12H2,1-2H3,(H,22,23). The third-order valence-electron chi connectivity index (χ3n) is 5.92. The second kappa shape index (κ2) is 6.53. The van der Waals surface area contributed by atoms with Crippen molar-refractivity contribution < 1.29 is 4.74 Å². The molecule has 140 valence electrons. The number of H-pyrrole nitrogens is 1. The van der Waals surface area contributed by atoms with Crippen molar-refractivity contribution in [3.8, 4) is 5.75 Å². The van der Waals surface area contributed by atoms with Crippen LogP contribution in [0, 0.1) is 0 Å². The first-order valence-corrected chi connectivity index (χ1v) is 9.63. The molecule has 0 amide bonds. The van der Waals surface area contributed by atoms with Gasteiger partial charge < -0.3 is 9.72 Å². The van der Waals surface area contributed by atoms with Crippen molar-refractivity contribution in [1.29, 1.82) is 0 Å².